The van der Waals surface area contributed by atoms with Gasteiger partial charge in [-0.15, -0.1) is 0 Å². The number of rotatable bonds is 3. The Kier molecular flexibility index (Phi) is 3.52. The lowest BCUT2D eigenvalue weighted by molar-refractivity contribution is -0.383. The predicted molar refractivity (Wildman–Crippen MR) is 72.2 cm³/mol. The van der Waals surface area contributed by atoms with Crippen molar-refractivity contribution < 1.29 is 9.31 Å². The summed E-state index contributed by atoms with van der Waals surface area (Å²) in [6.07, 6.45) is 0. The van der Waals surface area contributed by atoms with Crippen LogP contribution in [0.25, 0.3) is 0 Å². The molecule has 19 heavy (non-hydrogen) atoms. The van der Waals surface area contributed by atoms with Crippen LogP contribution in [-0.4, -0.2) is 4.92 Å². The highest BCUT2D eigenvalue weighted by Crippen LogP contribution is 2.34. The van der Waals surface area contributed by atoms with E-state index in [0.29, 0.717) is 5.69 Å². The molecule has 0 atom stereocenters. The smallest absolute Gasteiger partial charge is 0.315 e. The second-order valence-corrected chi connectivity index (χ2v) is 4.16. The quantitative estimate of drug-likeness (QED) is 0.510. The lowest BCUT2D eigenvalue weighted by Gasteiger charge is -2.09. The van der Waals surface area contributed by atoms with Crippen molar-refractivity contribution >= 4 is 34.4 Å². The van der Waals surface area contributed by atoms with E-state index in [2.05, 4.69) is 5.32 Å². The van der Waals surface area contributed by atoms with Crippen LogP contribution in [0.1, 0.15) is 0 Å². The molecule has 2 aromatic carbocycles. The summed E-state index contributed by atoms with van der Waals surface area (Å²) in [7, 11) is 0. The predicted octanol–water partition coefficient (Wildman–Crippen LogP) is 3.71. The van der Waals surface area contributed by atoms with E-state index in [4.69, 9.17) is 17.3 Å². The molecule has 5 nitrogen and oxygen atoms in total. The molecule has 0 saturated heterocycles. The highest BCUT2D eigenvalue weighted by Gasteiger charge is 2.18. The molecule has 0 spiro atoms. The van der Waals surface area contributed by atoms with Crippen molar-refractivity contribution in [3.63, 3.8) is 0 Å². The van der Waals surface area contributed by atoms with Gasteiger partial charge in [-0.05, 0) is 30.3 Å². The monoisotopic (exact) mass is 281 g/mol. The van der Waals surface area contributed by atoms with Crippen molar-refractivity contribution in [2.24, 2.45) is 0 Å². The third-order valence-electron chi connectivity index (χ3n) is 2.45. The first kappa shape index (κ1) is 13.1. The van der Waals surface area contributed by atoms with Crippen LogP contribution in [-0.2, 0) is 0 Å². The number of nitrogens with one attached hydrogen (secondary N) is 1. The molecule has 0 amide bonds. The van der Waals surface area contributed by atoms with Crippen LogP contribution in [0, 0.1) is 15.9 Å². The molecule has 0 aliphatic rings. The molecule has 0 bridgehead atoms. The van der Waals surface area contributed by atoms with E-state index in [9.17, 15) is 14.5 Å². The Bertz CT molecular complexity index is 649. The van der Waals surface area contributed by atoms with Gasteiger partial charge < -0.3 is 11.1 Å². The standard InChI is InChI=1S/C12H9ClFN3O2/c13-8-6-7(14)4-5-10(8)16-11-3-1-2-9(15)12(11)17(18)19/h1-6,16H,15H2. The fourth-order valence-corrected chi connectivity index (χ4v) is 1.82. The summed E-state index contributed by atoms with van der Waals surface area (Å²) < 4.78 is 12.9. The number of nitrogen functional groups attached to an aromatic ring is 1. The van der Waals surface area contributed by atoms with Gasteiger partial charge in [-0.2, -0.15) is 0 Å². The van der Waals surface area contributed by atoms with Crippen LogP contribution < -0.4 is 11.1 Å². The number of hydrogen-bond acceptors (Lipinski definition) is 4. The largest absolute Gasteiger partial charge is 0.393 e. The number of nitro groups is 1. The summed E-state index contributed by atoms with van der Waals surface area (Å²) in [5, 5.41) is 13.9. The third-order valence-corrected chi connectivity index (χ3v) is 2.76. The van der Waals surface area contributed by atoms with E-state index in [0.717, 1.165) is 6.07 Å². The van der Waals surface area contributed by atoms with Gasteiger partial charge in [-0.3, -0.25) is 10.1 Å². The molecule has 0 aromatic heterocycles. The Balaban J connectivity index is 2.44. The van der Waals surface area contributed by atoms with Gasteiger partial charge in [0.25, 0.3) is 0 Å². The minimum atomic E-state index is -0.588. The fraction of sp³-hybridized carbons (Fsp3) is 0. The van der Waals surface area contributed by atoms with Crippen molar-refractivity contribution in [3.05, 3.63) is 57.4 Å². The molecule has 0 aliphatic carbocycles. The molecule has 0 fully saturated rings. The van der Waals surface area contributed by atoms with Crippen molar-refractivity contribution in [1.82, 2.24) is 0 Å². The number of halogens is 2. The Morgan fingerprint density at radius 3 is 2.63 bits per heavy atom. The zero-order valence-corrected chi connectivity index (χ0v) is 10.3. The summed E-state index contributed by atoms with van der Waals surface area (Å²) in [4.78, 5) is 10.4. The molecule has 0 heterocycles. The Hall–Kier alpha value is -2.34. The number of anilines is 3. The van der Waals surface area contributed by atoms with Crippen LogP contribution in [0.5, 0.6) is 0 Å². The first-order chi connectivity index (χ1) is 8.99. The zero-order valence-electron chi connectivity index (χ0n) is 9.56. The molecular weight excluding hydrogens is 273 g/mol. The van der Waals surface area contributed by atoms with Crippen LogP contribution in [0.2, 0.25) is 5.02 Å². The van der Waals surface area contributed by atoms with Gasteiger partial charge in [-0.25, -0.2) is 4.39 Å². The summed E-state index contributed by atoms with van der Waals surface area (Å²) in [5.41, 5.74) is 5.90. The number of nitrogens with two attached hydrogens (primary N) is 1. The number of nitrogens with zero attached hydrogens (tertiary/aromatic N) is 1. The first-order valence-corrected chi connectivity index (χ1v) is 5.62. The van der Waals surface area contributed by atoms with Crippen LogP contribution in [0.4, 0.5) is 27.1 Å². The molecule has 0 aliphatic heterocycles. The Morgan fingerprint density at radius 1 is 1.26 bits per heavy atom. The van der Waals surface area contributed by atoms with Crippen molar-refractivity contribution in [3.8, 4) is 0 Å². The van der Waals surface area contributed by atoms with Crippen molar-refractivity contribution in [2.75, 3.05) is 11.1 Å². The van der Waals surface area contributed by atoms with Crippen LogP contribution in [0.15, 0.2) is 36.4 Å². The van der Waals surface area contributed by atoms with Crippen LogP contribution >= 0.6 is 11.6 Å². The average molecular weight is 282 g/mol. The third kappa shape index (κ3) is 2.74. The van der Waals surface area contributed by atoms with Gasteiger partial charge in [0.15, 0.2) is 0 Å². The highest BCUT2D eigenvalue weighted by molar-refractivity contribution is 6.33. The van der Waals surface area contributed by atoms with E-state index < -0.39 is 10.7 Å². The summed E-state index contributed by atoms with van der Waals surface area (Å²) in [6.45, 7) is 0. The lowest BCUT2D eigenvalue weighted by atomic mass is 10.2. The Labute approximate surface area is 113 Å². The summed E-state index contributed by atoms with van der Waals surface area (Å²) in [6, 6.07) is 8.20. The summed E-state index contributed by atoms with van der Waals surface area (Å²) >= 11 is 5.85. The van der Waals surface area contributed by atoms with Crippen molar-refractivity contribution in [1.29, 1.82) is 0 Å². The second kappa shape index (κ2) is 5.11. The van der Waals surface area contributed by atoms with Gasteiger partial charge in [0.05, 0.1) is 15.6 Å². The molecule has 2 aromatic rings. The minimum absolute atomic E-state index is 0.0354. The number of hydrogen-bond donors (Lipinski definition) is 2. The van der Waals surface area contributed by atoms with Gasteiger partial charge in [0.1, 0.15) is 17.2 Å². The maximum atomic E-state index is 12.9. The van der Waals surface area contributed by atoms with Gasteiger partial charge >= 0.3 is 5.69 Å². The Morgan fingerprint density at radius 2 is 2.00 bits per heavy atom. The topological polar surface area (TPSA) is 81.2 Å². The normalized spacial score (nSPS) is 10.2. The zero-order chi connectivity index (χ0) is 14.0. The lowest BCUT2D eigenvalue weighted by Crippen LogP contribution is -2.01. The molecule has 98 valence electrons. The SMILES string of the molecule is Nc1cccc(Nc2ccc(F)cc2Cl)c1[N+](=O)[O-]. The molecule has 3 N–H and O–H groups in total. The molecule has 2 rings (SSSR count). The average Bonchev–Trinajstić information content (AvgIpc) is 2.32. The maximum Gasteiger partial charge on any atom is 0.315 e. The fourth-order valence-electron chi connectivity index (χ4n) is 1.60. The van der Waals surface area contributed by atoms with Crippen LogP contribution in [0.3, 0.4) is 0 Å². The summed E-state index contributed by atoms with van der Waals surface area (Å²) in [5.74, 6) is -0.488. The molecule has 0 saturated carbocycles. The molecule has 0 radical (unpaired) electrons. The first-order valence-electron chi connectivity index (χ1n) is 5.24. The number of para-hydroxylation sites is 1. The van der Waals surface area contributed by atoms with Crippen molar-refractivity contribution in [2.45, 2.75) is 0 Å². The highest BCUT2D eigenvalue weighted by atomic mass is 35.5. The van der Waals surface area contributed by atoms with E-state index in [1.165, 1.54) is 24.3 Å². The molecule has 0 unspecified atom stereocenters. The van der Waals surface area contributed by atoms with Gasteiger partial charge in [-0.1, -0.05) is 17.7 Å². The van der Waals surface area contributed by atoms with E-state index in [1.54, 1.807) is 6.07 Å². The van der Waals surface area contributed by atoms with E-state index in [-0.39, 0.29) is 22.1 Å². The van der Waals surface area contributed by atoms with E-state index >= 15 is 0 Å². The van der Waals surface area contributed by atoms with Gasteiger partial charge in [0.2, 0.25) is 0 Å². The molecule has 7 heteroatoms. The van der Waals surface area contributed by atoms with Gasteiger partial charge in [0, 0.05) is 0 Å². The maximum absolute atomic E-state index is 12.9. The number of benzene rings is 2. The number of nitro benzene ring substituents is 1. The minimum Gasteiger partial charge on any atom is -0.393 e. The molecular formula is C12H9ClFN3O2. The second-order valence-electron chi connectivity index (χ2n) is 3.75. The van der Waals surface area contributed by atoms with E-state index in [1.807, 2.05) is 0 Å².